The first-order valence-corrected chi connectivity index (χ1v) is 10.5. The lowest BCUT2D eigenvalue weighted by molar-refractivity contribution is -0.121. The Hall–Kier alpha value is -3.39. The van der Waals surface area contributed by atoms with Gasteiger partial charge in [0.2, 0.25) is 5.91 Å². The van der Waals surface area contributed by atoms with Gasteiger partial charge in [0.25, 0.3) is 15.9 Å². The third-order valence-corrected chi connectivity index (χ3v) is 6.42. The molecule has 0 saturated carbocycles. The van der Waals surface area contributed by atoms with Gasteiger partial charge in [-0.3, -0.25) is 9.59 Å². The van der Waals surface area contributed by atoms with Gasteiger partial charge in [0, 0.05) is 5.39 Å². The molecule has 0 aliphatic carbocycles. The van der Waals surface area contributed by atoms with E-state index in [-0.39, 0.29) is 23.6 Å². The molecule has 1 heterocycles. The topological polar surface area (TPSA) is 92.8 Å². The zero-order valence-corrected chi connectivity index (χ0v) is 16.2. The molecule has 0 spiro atoms. The van der Waals surface area contributed by atoms with Crippen molar-refractivity contribution >= 4 is 32.6 Å². The molecule has 0 unspecified atom stereocenters. The summed E-state index contributed by atoms with van der Waals surface area (Å²) in [5.74, 6) is -0.566. The summed E-state index contributed by atoms with van der Waals surface area (Å²) in [6.07, 6.45) is 0. The molecule has 0 aromatic heterocycles. The molecule has 3 aromatic carbocycles. The average molecular weight is 410 g/mol. The lowest BCUT2D eigenvalue weighted by Crippen LogP contribution is -2.41. The third kappa shape index (κ3) is 3.54. The second-order valence-corrected chi connectivity index (χ2v) is 8.32. The smallest absolute Gasteiger partial charge is 0.269 e. The molecule has 1 aliphatic rings. The van der Waals surface area contributed by atoms with Crippen LogP contribution in [0.2, 0.25) is 0 Å². The highest BCUT2D eigenvalue weighted by Crippen LogP contribution is 2.29. The number of hydrogen-bond donors (Lipinski definition) is 1. The zero-order valence-electron chi connectivity index (χ0n) is 15.4. The Kier molecular flexibility index (Phi) is 4.94. The third-order valence-electron chi connectivity index (χ3n) is 4.63. The highest BCUT2D eigenvalue weighted by molar-refractivity contribution is 7.90. The molecule has 1 aliphatic heterocycles. The van der Waals surface area contributed by atoms with Crippen molar-refractivity contribution in [3.63, 3.8) is 0 Å². The van der Waals surface area contributed by atoms with E-state index in [2.05, 4.69) is 5.32 Å². The summed E-state index contributed by atoms with van der Waals surface area (Å²) in [5, 5.41) is 4.60. The van der Waals surface area contributed by atoms with Crippen LogP contribution in [0, 0.1) is 0 Å². The van der Waals surface area contributed by atoms with Crippen LogP contribution in [0.4, 0.5) is 0 Å². The number of carbonyl (C=O) groups excluding carboxylic acids is 2. The van der Waals surface area contributed by atoms with Gasteiger partial charge < -0.3 is 10.1 Å². The largest absolute Gasteiger partial charge is 0.491 e. The van der Waals surface area contributed by atoms with Crippen LogP contribution >= 0.6 is 0 Å². The quantitative estimate of drug-likeness (QED) is 0.629. The molecule has 0 radical (unpaired) electrons. The minimum absolute atomic E-state index is 0.0721. The van der Waals surface area contributed by atoms with Crippen molar-refractivity contribution in [2.24, 2.45) is 0 Å². The summed E-state index contributed by atoms with van der Waals surface area (Å²) in [6.45, 7) is -0.179. The van der Waals surface area contributed by atoms with Crippen LogP contribution in [0.1, 0.15) is 10.4 Å². The first-order chi connectivity index (χ1) is 14.0. The van der Waals surface area contributed by atoms with Crippen molar-refractivity contribution in [2.75, 3.05) is 19.7 Å². The maximum Gasteiger partial charge on any atom is 0.269 e. The lowest BCUT2D eigenvalue weighted by atomic mass is 10.1. The Balaban J connectivity index is 1.34. The predicted octanol–water partition coefficient (Wildman–Crippen LogP) is 2.18. The van der Waals surface area contributed by atoms with Crippen molar-refractivity contribution in [3.8, 4) is 5.75 Å². The second-order valence-electron chi connectivity index (χ2n) is 6.49. The maximum atomic E-state index is 12.5. The van der Waals surface area contributed by atoms with Gasteiger partial charge >= 0.3 is 0 Å². The fourth-order valence-corrected chi connectivity index (χ4v) is 4.77. The normalized spacial score (nSPS) is 14.6. The lowest BCUT2D eigenvalue weighted by Gasteiger charge is -2.15. The molecular weight excluding hydrogens is 392 g/mol. The van der Waals surface area contributed by atoms with E-state index in [9.17, 15) is 18.0 Å². The number of nitrogens with one attached hydrogen (secondary N) is 1. The van der Waals surface area contributed by atoms with E-state index in [1.54, 1.807) is 6.07 Å². The van der Waals surface area contributed by atoms with E-state index in [0.29, 0.717) is 10.1 Å². The summed E-state index contributed by atoms with van der Waals surface area (Å²) in [5.41, 5.74) is 0.0830. The van der Waals surface area contributed by atoms with Gasteiger partial charge in [0.05, 0.1) is 12.1 Å². The van der Waals surface area contributed by atoms with Crippen LogP contribution in [-0.4, -0.2) is 44.2 Å². The second kappa shape index (κ2) is 7.56. The number of ether oxygens (including phenoxy) is 1. The number of fused-ring (bicyclic) bond motifs is 2. The molecule has 0 atom stereocenters. The molecule has 148 valence electrons. The Morgan fingerprint density at radius 2 is 1.69 bits per heavy atom. The van der Waals surface area contributed by atoms with E-state index in [4.69, 9.17) is 4.74 Å². The molecule has 0 saturated heterocycles. The monoisotopic (exact) mass is 410 g/mol. The zero-order chi connectivity index (χ0) is 20.4. The highest BCUT2D eigenvalue weighted by Gasteiger charge is 2.41. The van der Waals surface area contributed by atoms with Gasteiger partial charge in [-0.1, -0.05) is 48.5 Å². The van der Waals surface area contributed by atoms with Crippen LogP contribution < -0.4 is 10.1 Å². The van der Waals surface area contributed by atoms with E-state index in [0.717, 1.165) is 10.8 Å². The SMILES string of the molecule is O=C(CN1C(=O)c2ccccc2S1(=O)=O)NCCOc1cccc2ccccc12. The molecule has 8 heteroatoms. The van der Waals surface area contributed by atoms with Gasteiger partial charge in [-0.15, -0.1) is 0 Å². The Labute approximate surface area is 167 Å². The van der Waals surface area contributed by atoms with Gasteiger partial charge in [0.1, 0.15) is 23.8 Å². The van der Waals surface area contributed by atoms with Crippen molar-refractivity contribution in [1.82, 2.24) is 9.62 Å². The maximum absolute atomic E-state index is 12.5. The molecule has 0 fully saturated rings. The number of carbonyl (C=O) groups is 2. The van der Waals surface area contributed by atoms with Gasteiger partial charge in [-0.2, -0.15) is 0 Å². The Morgan fingerprint density at radius 3 is 2.52 bits per heavy atom. The van der Waals surface area contributed by atoms with Crippen LogP contribution in [0.3, 0.4) is 0 Å². The fourth-order valence-electron chi connectivity index (χ4n) is 3.25. The molecule has 0 bridgehead atoms. The Morgan fingerprint density at radius 1 is 0.966 bits per heavy atom. The van der Waals surface area contributed by atoms with Crippen molar-refractivity contribution in [3.05, 3.63) is 72.3 Å². The number of benzene rings is 3. The van der Waals surface area contributed by atoms with Gasteiger partial charge in [-0.05, 0) is 23.6 Å². The number of amides is 2. The van der Waals surface area contributed by atoms with Crippen molar-refractivity contribution in [2.45, 2.75) is 4.90 Å². The van der Waals surface area contributed by atoms with Crippen LogP contribution in [0.15, 0.2) is 71.6 Å². The minimum Gasteiger partial charge on any atom is -0.491 e. The summed E-state index contributed by atoms with van der Waals surface area (Å²) in [7, 11) is -4.00. The van der Waals surface area contributed by atoms with Crippen LogP contribution in [0.25, 0.3) is 10.8 Å². The van der Waals surface area contributed by atoms with Gasteiger partial charge in [0.15, 0.2) is 0 Å². The van der Waals surface area contributed by atoms with E-state index in [1.165, 1.54) is 18.2 Å². The summed E-state index contributed by atoms with van der Waals surface area (Å²) in [6, 6.07) is 19.4. The van der Waals surface area contributed by atoms with E-state index in [1.807, 2.05) is 42.5 Å². The fraction of sp³-hybridized carbons (Fsp3) is 0.143. The molecule has 1 N–H and O–H groups in total. The van der Waals surface area contributed by atoms with Crippen LogP contribution in [0.5, 0.6) is 5.75 Å². The van der Waals surface area contributed by atoms with Crippen LogP contribution in [-0.2, 0) is 14.8 Å². The summed E-state index contributed by atoms with van der Waals surface area (Å²) in [4.78, 5) is 24.4. The molecule has 7 nitrogen and oxygen atoms in total. The first kappa shape index (κ1) is 18.9. The number of nitrogens with zero attached hydrogens (tertiary/aromatic N) is 1. The van der Waals surface area contributed by atoms with E-state index >= 15 is 0 Å². The molecule has 2 amide bonds. The Bertz CT molecular complexity index is 1200. The standard InChI is InChI=1S/C21H18N2O5S/c24-20(14-23-21(25)17-9-3-4-11-19(17)29(23,26)27)22-12-13-28-18-10-5-7-15-6-1-2-8-16(15)18/h1-11H,12-14H2,(H,22,24). The summed E-state index contributed by atoms with van der Waals surface area (Å²) >= 11 is 0. The van der Waals surface area contributed by atoms with E-state index < -0.39 is 28.4 Å². The van der Waals surface area contributed by atoms with Crippen molar-refractivity contribution < 1.29 is 22.7 Å². The predicted molar refractivity (Wildman–Crippen MR) is 107 cm³/mol. The molecular formula is C21H18N2O5S. The molecule has 3 aromatic rings. The highest BCUT2D eigenvalue weighted by atomic mass is 32.2. The number of rotatable bonds is 6. The minimum atomic E-state index is -4.00. The number of hydrogen-bond acceptors (Lipinski definition) is 5. The number of sulfonamides is 1. The first-order valence-electron chi connectivity index (χ1n) is 9.02. The summed E-state index contributed by atoms with van der Waals surface area (Å²) < 4.78 is 31.3. The molecule has 29 heavy (non-hydrogen) atoms. The van der Waals surface area contributed by atoms with Crippen molar-refractivity contribution in [1.29, 1.82) is 0 Å². The average Bonchev–Trinajstić information content (AvgIpc) is 2.92. The van der Waals surface area contributed by atoms with Gasteiger partial charge in [-0.25, -0.2) is 12.7 Å². The molecule has 4 rings (SSSR count).